The van der Waals surface area contributed by atoms with Crippen molar-refractivity contribution in [3.8, 4) is 5.75 Å². The third-order valence-electron chi connectivity index (χ3n) is 3.59. The molecule has 2 aliphatic rings. The van der Waals surface area contributed by atoms with Gasteiger partial charge in [0.05, 0.1) is 6.61 Å². The molecule has 0 unspecified atom stereocenters. The molecular formula is C14H14ClN3O2S. The lowest BCUT2D eigenvalue weighted by Crippen LogP contribution is -2.13. The van der Waals surface area contributed by atoms with E-state index in [4.69, 9.17) is 21.1 Å². The molecule has 1 aliphatic carbocycles. The van der Waals surface area contributed by atoms with Crippen LogP contribution >= 0.6 is 23.4 Å². The molecular weight excluding hydrogens is 310 g/mol. The Balaban J connectivity index is 1.56. The Morgan fingerprint density at radius 3 is 3.14 bits per heavy atom. The molecule has 1 fully saturated rings. The fourth-order valence-corrected chi connectivity index (χ4v) is 3.66. The van der Waals surface area contributed by atoms with Crippen LogP contribution in [-0.4, -0.2) is 21.6 Å². The number of halogens is 1. The minimum atomic E-state index is 0.296. The number of rotatable bonds is 4. The van der Waals surface area contributed by atoms with Crippen molar-refractivity contribution >= 4 is 23.4 Å². The van der Waals surface area contributed by atoms with E-state index < -0.39 is 0 Å². The van der Waals surface area contributed by atoms with Crippen LogP contribution in [0, 0.1) is 0 Å². The van der Waals surface area contributed by atoms with Gasteiger partial charge in [-0.25, -0.2) is 0 Å². The van der Waals surface area contributed by atoms with E-state index in [1.807, 2.05) is 18.5 Å². The number of aromatic nitrogens is 3. The van der Waals surface area contributed by atoms with Crippen LogP contribution < -0.4 is 4.74 Å². The van der Waals surface area contributed by atoms with Crippen molar-refractivity contribution in [2.45, 2.75) is 36.4 Å². The first-order chi connectivity index (χ1) is 10.3. The molecule has 5 nitrogen and oxygen atoms in total. The Morgan fingerprint density at radius 1 is 1.38 bits per heavy atom. The highest BCUT2D eigenvalue weighted by Gasteiger charge is 2.26. The van der Waals surface area contributed by atoms with Gasteiger partial charge in [0.1, 0.15) is 12.1 Å². The van der Waals surface area contributed by atoms with E-state index in [9.17, 15) is 0 Å². The molecule has 2 aromatic rings. The van der Waals surface area contributed by atoms with Crippen molar-refractivity contribution in [2.75, 3.05) is 6.79 Å². The molecule has 0 N–H and O–H groups in total. The summed E-state index contributed by atoms with van der Waals surface area (Å²) >= 11 is 7.85. The maximum absolute atomic E-state index is 6.18. The summed E-state index contributed by atoms with van der Waals surface area (Å²) in [6, 6.07) is 4.44. The molecule has 2 heterocycles. The van der Waals surface area contributed by atoms with Gasteiger partial charge in [-0.2, -0.15) is 0 Å². The fourth-order valence-electron chi connectivity index (χ4n) is 2.44. The van der Waals surface area contributed by atoms with Gasteiger partial charge in [0, 0.05) is 27.9 Å². The van der Waals surface area contributed by atoms with Gasteiger partial charge in [0.15, 0.2) is 11.9 Å². The SMILES string of the molecule is Clc1cc2c(c(CSc3nncn3C3CC3)c1)OCOC2. The summed E-state index contributed by atoms with van der Waals surface area (Å²) in [4.78, 5) is 0. The molecule has 21 heavy (non-hydrogen) atoms. The molecule has 0 amide bonds. The molecule has 0 saturated heterocycles. The van der Waals surface area contributed by atoms with Crippen molar-refractivity contribution in [3.05, 3.63) is 34.6 Å². The van der Waals surface area contributed by atoms with Crippen LogP contribution in [-0.2, 0) is 17.1 Å². The Kier molecular flexibility index (Phi) is 3.52. The molecule has 1 aromatic heterocycles. The smallest absolute Gasteiger partial charge is 0.191 e. The average Bonchev–Trinajstić information content (AvgIpc) is 3.23. The Labute approximate surface area is 131 Å². The number of thioether (sulfide) groups is 1. The summed E-state index contributed by atoms with van der Waals surface area (Å²) in [7, 11) is 0. The largest absolute Gasteiger partial charge is 0.467 e. The zero-order valence-corrected chi connectivity index (χ0v) is 12.9. The van der Waals surface area contributed by atoms with Gasteiger partial charge < -0.3 is 14.0 Å². The van der Waals surface area contributed by atoms with Crippen LogP contribution in [0.5, 0.6) is 5.75 Å². The molecule has 0 atom stereocenters. The number of nitrogens with zero attached hydrogens (tertiary/aromatic N) is 3. The van der Waals surface area contributed by atoms with E-state index in [2.05, 4.69) is 14.8 Å². The lowest BCUT2D eigenvalue weighted by atomic mass is 10.1. The van der Waals surface area contributed by atoms with E-state index >= 15 is 0 Å². The normalized spacial score (nSPS) is 17.4. The van der Waals surface area contributed by atoms with Crippen molar-refractivity contribution in [3.63, 3.8) is 0 Å². The molecule has 0 bridgehead atoms. The maximum Gasteiger partial charge on any atom is 0.191 e. The predicted molar refractivity (Wildman–Crippen MR) is 79.6 cm³/mol. The van der Waals surface area contributed by atoms with E-state index in [0.29, 0.717) is 24.5 Å². The third-order valence-corrected chi connectivity index (χ3v) is 4.81. The zero-order chi connectivity index (χ0) is 14.2. The molecule has 0 spiro atoms. The van der Waals surface area contributed by atoms with Gasteiger partial charge in [-0.15, -0.1) is 10.2 Å². The predicted octanol–water partition coefficient (Wildman–Crippen LogP) is 3.43. The van der Waals surface area contributed by atoms with Crippen molar-refractivity contribution in [1.29, 1.82) is 0 Å². The van der Waals surface area contributed by atoms with E-state index in [1.165, 1.54) is 12.8 Å². The average molecular weight is 324 g/mol. The second-order valence-corrected chi connectivity index (χ2v) is 6.58. The number of hydrogen-bond acceptors (Lipinski definition) is 5. The van der Waals surface area contributed by atoms with Crippen molar-refractivity contribution in [1.82, 2.24) is 14.8 Å². The Morgan fingerprint density at radius 2 is 2.29 bits per heavy atom. The quantitative estimate of drug-likeness (QED) is 0.807. The summed E-state index contributed by atoms with van der Waals surface area (Å²) in [6.45, 7) is 0.844. The van der Waals surface area contributed by atoms with E-state index in [1.54, 1.807) is 11.8 Å². The number of hydrogen-bond donors (Lipinski definition) is 0. The van der Waals surface area contributed by atoms with Gasteiger partial charge in [-0.05, 0) is 25.0 Å². The number of fused-ring (bicyclic) bond motifs is 1. The van der Waals surface area contributed by atoms with Crippen molar-refractivity contribution < 1.29 is 9.47 Å². The molecule has 1 aromatic carbocycles. The van der Waals surface area contributed by atoms with Crippen LogP contribution in [0.15, 0.2) is 23.6 Å². The first kappa shape index (κ1) is 13.4. The summed E-state index contributed by atoms with van der Waals surface area (Å²) in [5.74, 6) is 1.66. The van der Waals surface area contributed by atoms with Gasteiger partial charge in [-0.3, -0.25) is 0 Å². The zero-order valence-electron chi connectivity index (χ0n) is 11.3. The van der Waals surface area contributed by atoms with Crippen LogP contribution in [0.4, 0.5) is 0 Å². The van der Waals surface area contributed by atoms with Crippen LogP contribution in [0.3, 0.4) is 0 Å². The maximum atomic E-state index is 6.18. The standard InChI is InChI=1S/C14H14ClN3O2S/c15-11-3-9-5-19-8-20-13(9)10(4-11)6-21-14-17-16-7-18(14)12-1-2-12/h3-4,7,12H,1-2,5-6,8H2. The highest BCUT2D eigenvalue weighted by atomic mass is 35.5. The summed E-state index contributed by atoms with van der Waals surface area (Å²) in [5.41, 5.74) is 2.09. The Hall–Kier alpha value is -1.24. The highest BCUT2D eigenvalue weighted by Crippen LogP contribution is 2.39. The van der Waals surface area contributed by atoms with Gasteiger partial charge >= 0.3 is 0 Å². The minimum Gasteiger partial charge on any atom is -0.467 e. The molecule has 110 valence electrons. The molecule has 0 radical (unpaired) electrons. The van der Waals surface area contributed by atoms with E-state index in [0.717, 1.165) is 27.8 Å². The Bertz CT molecular complexity index is 672. The van der Waals surface area contributed by atoms with Gasteiger partial charge in [0.25, 0.3) is 0 Å². The van der Waals surface area contributed by atoms with Gasteiger partial charge in [0.2, 0.25) is 0 Å². The highest BCUT2D eigenvalue weighted by molar-refractivity contribution is 7.98. The van der Waals surface area contributed by atoms with E-state index in [-0.39, 0.29) is 0 Å². The lowest BCUT2D eigenvalue weighted by Gasteiger charge is -2.21. The molecule has 4 rings (SSSR count). The van der Waals surface area contributed by atoms with Crippen LogP contribution in [0.1, 0.15) is 30.0 Å². The molecule has 1 aliphatic heterocycles. The summed E-state index contributed by atoms with van der Waals surface area (Å²) in [6.07, 6.45) is 4.26. The second kappa shape index (κ2) is 5.51. The first-order valence-electron chi connectivity index (χ1n) is 6.85. The van der Waals surface area contributed by atoms with Crippen molar-refractivity contribution in [2.24, 2.45) is 0 Å². The fraction of sp³-hybridized carbons (Fsp3) is 0.429. The topological polar surface area (TPSA) is 49.2 Å². The number of benzene rings is 1. The third kappa shape index (κ3) is 2.75. The number of ether oxygens (including phenoxy) is 2. The minimum absolute atomic E-state index is 0.296. The molecule has 1 saturated carbocycles. The first-order valence-corrected chi connectivity index (χ1v) is 8.22. The summed E-state index contributed by atoms with van der Waals surface area (Å²) < 4.78 is 13.1. The van der Waals surface area contributed by atoms with Crippen LogP contribution in [0.25, 0.3) is 0 Å². The van der Waals surface area contributed by atoms with Crippen LogP contribution in [0.2, 0.25) is 5.02 Å². The second-order valence-electron chi connectivity index (χ2n) is 5.20. The lowest BCUT2D eigenvalue weighted by molar-refractivity contribution is -0.0168. The summed E-state index contributed by atoms with van der Waals surface area (Å²) in [5, 5.41) is 9.89. The molecule has 7 heteroatoms. The van der Waals surface area contributed by atoms with Gasteiger partial charge in [-0.1, -0.05) is 23.4 Å². The monoisotopic (exact) mass is 323 g/mol.